The van der Waals surface area contributed by atoms with Crippen LogP contribution in [0, 0.1) is 5.41 Å². The van der Waals surface area contributed by atoms with Crippen LogP contribution in [0.1, 0.15) is 32.5 Å². The Hall–Kier alpha value is -3.14. The summed E-state index contributed by atoms with van der Waals surface area (Å²) in [7, 11) is 0. The molecule has 0 amide bonds. The van der Waals surface area contributed by atoms with Crippen molar-refractivity contribution in [2.45, 2.75) is 33.0 Å². The topological polar surface area (TPSA) is 91.7 Å². The second kappa shape index (κ2) is 7.28. The first-order valence-electron chi connectivity index (χ1n) is 9.37. The van der Waals surface area contributed by atoms with Crippen molar-refractivity contribution in [3.63, 3.8) is 0 Å². The summed E-state index contributed by atoms with van der Waals surface area (Å²) in [6.07, 6.45) is -2.86. The average molecular weight is 418 g/mol. The van der Waals surface area contributed by atoms with Crippen LogP contribution in [0.15, 0.2) is 41.1 Å². The molecular formula is C20H21F3N6O. The molecule has 10 heteroatoms. The summed E-state index contributed by atoms with van der Waals surface area (Å²) in [5, 5.41) is 16.8. The van der Waals surface area contributed by atoms with Crippen molar-refractivity contribution in [3.05, 3.63) is 42.2 Å². The van der Waals surface area contributed by atoms with Gasteiger partial charge in [0, 0.05) is 29.9 Å². The van der Waals surface area contributed by atoms with Crippen molar-refractivity contribution >= 4 is 33.5 Å². The molecule has 1 unspecified atom stereocenters. The number of halogens is 3. The van der Waals surface area contributed by atoms with Gasteiger partial charge in [-0.3, -0.25) is 10.1 Å². The first-order chi connectivity index (χ1) is 14.1. The molecule has 7 nitrogen and oxygen atoms in total. The van der Waals surface area contributed by atoms with E-state index in [0.717, 1.165) is 5.52 Å². The van der Waals surface area contributed by atoms with E-state index >= 15 is 0 Å². The molecular weight excluding hydrogens is 397 g/mol. The Labute approximate surface area is 170 Å². The zero-order valence-electron chi connectivity index (χ0n) is 16.6. The fourth-order valence-electron chi connectivity index (χ4n) is 3.10. The van der Waals surface area contributed by atoms with Gasteiger partial charge in [0.05, 0.1) is 5.52 Å². The molecule has 158 valence electrons. The van der Waals surface area contributed by atoms with Gasteiger partial charge < -0.3 is 15.2 Å². The zero-order valence-corrected chi connectivity index (χ0v) is 16.6. The standard InChI is InChI=1S/C20H21F3N6O/c1-19(2,3)10-25-17(20(21,22)23)15-12-7-6-11(9-14(12)30-29-15)26-18-16-13(27-28-18)5-4-8-24-16/h4-9,17,25H,10H2,1-3H3,(H2,26,27,28). The zero-order chi connectivity index (χ0) is 21.5. The molecule has 0 bridgehead atoms. The number of fused-ring (bicyclic) bond motifs is 2. The Balaban J connectivity index is 1.64. The number of H-pyrrole nitrogens is 1. The highest BCUT2D eigenvalue weighted by molar-refractivity contribution is 5.89. The van der Waals surface area contributed by atoms with E-state index in [9.17, 15) is 13.2 Å². The van der Waals surface area contributed by atoms with Crippen molar-refractivity contribution in [3.8, 4) is 0 Å². The Morgan fingerprint density at radius 1 is 1.17 bits per heavy atom. The normalized spacial score (nSPS) is 13.8. The highest BCUT2D eigenvalue weighted by Gasteiger charge is 2.43. The summed E-state index contributed by atoms with van der Waals surface area (Å²) in [6.45, 7) is 5.75. The van der Waals surface area contributed by atoms with Crippen LogP contribution in [-0.4, -0.2) is 33.1 Å². The number of hydrogen-bond donors (Lipinski definition) is 3. The number of benzene rings is 1. The lowest BCUT2D eigenvalue weighted by atomic mass is 9.96. The highest BCUT2D eigenvalue weighted by Crippen LogP contribution is 2.37. The Bertz CT molecular complexity index is 1170. The summed E-state index contributed by atoms with van der Waals surface area (Å²) >= 11 is 0. The van der Waals surface area contributed by atoms with E-state index in [2.05, 4.69) is 31.0 Å². The van der Waals surface area contributed by atoms with Gasteiger partial charge in [-0.05, 0) is 29.7 Å². The number of hydrogen-bond acceptors (Lipinski definition) is 6. The first-order valence-corrected chi connectivity index (χ1v) is 9.37. The lowest BCUT2D eigenvalue weighted by Gasteiger charge is -2.25. The van der Waals surface area contributed by atoms with Gasteiger partial charge in [0.2, 0.25) is 0 Å². The molecule has 3 aromatic heterocycles. The van der Waals surface area contributed by atoms with E-state index in [-0.39, 0.29) is 23.2 Å². The summed E-state index contributed by atoms with van der Waals surface area (Å²) < 4.78 is 46.3. The fourth-order valence-corrected chi connectivity index (χ4v) is 3.10. The van der Waals surface area contributed by atoms with Crippen LogP contribution in [0.25, 0.3) is 22.0 Å². The van der Waals surface area contributed by atoms with Gasteiger partial charge in [-0.15, -0.1) is 0 Å². The Kier molecular flexibility index (Phi) is 4.89. The van der Waals surface area contributed by atoms with Gasteiger partial charge in [0.15, 0.2) is 17.4 Å². The molecule has 0 saturated heterocycles. The summed E-state index contributed by atoms with van der Waals surface area (Å²) in [6, 6.07) is 6.52. The molecule has 3 heterocycles. The molecule has 1 atom stereocenters. The molecule has 0 fully saturated rings. The third-order valence-electron chi connectivity index (χ3n) is 4.52. The largest absolute Gasteiger partial charge is 0.409 e. The Morgan fingerprint density at radius 3 is 2.70 bits per heavy atom. The molecule has 4 rings (SSSR count). The van der Waals surface area contributed by atoms with Gasteiger partial charge in [-0.1, -0.05) is 25.9 Å². The minimum absolute atomic E-state index is 0.171. The minimum atomic E-state index is -4.51. The van der Waals surface area contributed by atoms with Gasteiger partial charge in [-0.2, -0.15) is 18.3 Å². The summed E-state index contributed by atoms with van der Waals surface area (Å²) in [4.78, 5) is 4.27. The molecule has 0 radical (unpaired) electrons. The van der Waals surface area contributed by atoms with Crippen molar-refractivity contribution < 1.29 is 17.7 Å². The van der Waals surface area contributed by atoms with Crippen LogP contribution in [-0.2, 0) is 0 Å². The van der Waals surface area contributed by atoms with Crippen LogP contribution in [0.3, 0.4) is 0 Å². The number of alkyl halides is 3. The second-order valence-electron chi connectivity index (χ2n) is 8.29. The molecule has 0 aliphatic heterocycles. The van der Waals surface area contributed by atoms with Crippen LogP contribution < -0.4 is 10.6 Å². The predicted molar refractivity (Wildman–Crippen MR) is 107 cm³/mol. The van der Waals surface area contributed by atoms with E-state index in [1.54, 1.807) is 30.5 Å². The Morgan fingerprint density at radius 2 is 1.97 bits per heavy atom. The van der Waals surface area contributed by atoms with Crippen molar-refractivity contribution in [2.75, 3.05) is 11.9 Å². The van der Waals surface area contributed by atoms with Crippen molar-refractivity contribution in [1.82, 2.24) is 25.7 Å². The van der Waals surface area contributed by atoms with E-state index in [1.165, 1.54) is 0 Å². The van der Waals surface area contributed by atoms with Gasteiger partial charge in [0.25, 0.3) is 0 Å². The number of aromatic amines is 1. The van der Waals surface area contributed by atoms with Crippen LogP contribution in [0.4, 0.5) is 24.7 Å². The first kappa shape index (κ1) is 20.1. The van der Waals surface area contributed by atoms with E-state index < -0.39 is 12.2 Å². The number of rotatable bonds is 5. The summed E-state index contributed by atoms with van der Waals surface area (Å²) in [5.41, 5.74) is 1.76. The monoisotopic (exact) mass is 418 g/mol. The molecule has 30 heavy (non-hydrogen) atoms. The van der Waals surface area contributed by atoms with E-state index in [0.29, 0.717) is 22.4 Å². The van der Waals surface area contributed by atoms with Gasteiger partial charge >= 0.3 is 6.18 Å². The predicted octanol–water partition coefficient (Wildman–Crippen LogP) is 5.08. The SMILES string of the molecule is CC(C)(C)CNC(c1noc2cc(Nc3n[nH]c4cccnc34)ccc12)C(F)(F)F. The molecule has 0 aliphatic carbocycles. The minimum Gasteiger partial charge on any atom is -0.356 e. The summed E-state index contributed by atoms with van der Waals surface area (Å²) in [5.74, 6) is 0.504. The van der Waals surface area contributed by atoms with Gasteiger partial charge in [-0.25, -0.2) is 0 Å². The fraction of sp³-hybridized carbons (Fsp3) is 0.350. The molecule has 3 N–H and O–H groups in total. The molecule has 0 saturated carbocycles. The molecule has 4 aromatic rings. The molecule has 0 aliphatic rings. The maximum Gasteiger partial charge on any atom is 0.409 e. The van der Waals surface area contributed by atoms with E-state index in [1.807, 2.05) is 26.8 Å². The quantitative estimate of drug-likeness (QED) is 0.419. The lowest BCUT2D eigenvalue weighted by molar-refractivity contribution is -0.159. The smallest absolute Gasteiger partial charge is 0.356 e. The maximum atomic E-state index is 13.7. The third-order valence-corrected chi connectivity index (χ3v) is 4.52. The van der Waals surface area contributed by atoms with Crippen LogP contribution in [0.5, 0.6) is 0 Å². The number of nitrogens with zero attached hydrogens (tertiary/aromatic N) is 3. The second-order valence-corrected chi connectivity index (χ2v) is 8.29. The average Bonchev–Trinajstić information content (AvgIpc) is 3.25. The molecule has 0 spiro atoms. The van der Waals surface area contributed by atoms with E-state index in [4.69, 9.17) is 4.52 Å². The molecule has 1 aromatic carbocycles. The number of anilines is 2. The highest BCUT2D eigenvalue weighted by atomic mass is 19.4. The van der Waals surface area contributed by atoms with Crippen molar-refractivity contribution in [1.29, 1.82) is 0 Å². The van der Waals surface area contributed by atoms with Crippen LogP contribution in [0.2, 0.25) is 0 Å². The van der Waals surface area contributed by atoms with Crippen LogP contribution >= 0.6 is 0 Å². The van der Waals surface area contributed by atoms with Gasteiger partial charge in [0.1, 0.15) is 11.2 Å². The number of nitrogens with one attached hydrogen (secondary N) is 3. The number of pyridine rings is 1. The maximum absolute atomic E-state index is 13.7. The number of aromatic nitrogens is 4. The van der Waals surface area contributed by atoms with Crippen molar-refractivity contribution in [2.24, 2.45) is 5.41 Å². The lowest BCUT2D eigenvalue weighted by Crippen LogP contribution is -2.39. The third kappa shape index (κ3) is 4.09.